The van der Waals surface area contributed by atoms with Crippen molar-refractivity contribution in [3.05, 3.63) is 17.2 Å². The van der Waals surface area contributed by atoms with Gasteiger partial charge in [0.2, 0.25) is 5.75 Å². The Bertz CT molecular complexity index is 509. The van der Waals surface area contributed by atoms with Crippen molar-refractivity contribution in [3.63, 3.8) is 0 Å². The van der Waals surface area contributed by atoms with Crippen LogP contribution in [0.4, 0.5) is 0 Å². The van der Waals surface area contributed by atoms with E-state index < -0.39 is 0 Å². The van der Waals surface area contributed by atoms with Crippen LogP contribution < -0.4 is 14.2 Å². The average Bonchev–Trinajstić information content (AvgIpc) is 2.64. The number of benzene rings is 1. The Balaban J connectivity index is 2.59. The predicted molar refractivity (Wildman–Crippen MR) is 73.9 cm³/mol. The number of aliphatic hydroxyl groups excluding tert-OH is 1. The number of methoxy groups -OCH3 is 3. The van der Waals surface area contributed by atoms with E-state index in [-0.39, 0.29) is 18.3 Å². The largest absolute Gasteiger partial charge is 0.493 e. The lowest BCUT2D eigenvalue weighted by atomic mass is 9.99. The van der Waals surface area contributed by atoms with E-state index in [9.17, 15) is 9.90 Å². The number of carbonyl (C=O) groups is 1. The molecule has 1 N–H and O–H groups in total. The van der Waals surface area contributed by atoms with E-state index in [1.54, 1.807) is 7.11 Å². The first-order valence-corrected chi connectivity index (χ1v) is 6.62. The number of aliphatic hydroxyl groups is 1. The second-order valence-electron chi connectivity index (χ2n) is 4.89. The van der Waals surface area contributed by atoms with Crippen LogP contribution in [0.5, 0.6) is 17.2 Å². The molecule has 5 nitrogen and oxygen atoms in total. The summed E-state index contributed by atoms with van der Waals surface area (Å²) in [4.78, 5) is 12.4. The summed E-state index contributed by atoms with van der Waals surface area (Å²) in [5.41, 5.74) is 1.45. The van der Waals surface area contributed by atoms with E-state index in [0.717, 1.165) is 12.0 Å². The molecule has 1 aliphatic carbocycles. The maximum atomic E-state index is 12.4. The fourth-order valence-electron chi connectivity index (χ4n) is 2.69. The third-order valence-corrected chi connectivity index (χ3v) is 3.74. The van der Waals surface area contributed by atoms with Crippen LogP contribution in [0.25, 0.3) is 0 Å². The summed E-state index contributed by atoms with van der Waals surface area (Å²) in [6, 6.07) is 1.83. The van der Waals surface area contributed by atoms with Gasteiger partial charge in [0.25, 0.3) is 0 Å². The van der Waals surface area contributed by atoms with Crippen molar-refractivity contribution in [1.29, 1.82) is 0 Å². The first-order valence-electron chi connectivity index (χ1n) is 6.62. The number of Topliss-reactive ketones (excluding diaryl/α,β-unsaturated/α-hetero) is 1. The van der Waals surface area contributed by atoms with E-state index in [4.69, 9.17) is 14.2 Å². The van der Waals surface area contributed by atoms with Gasteiger partial charge in [0, 0.05) is 13.0 Å². The molecule has 1 aromatic rings. The number of rotatable bonds is 4. The molecule has 20 heavy (non-hydrogen) atoms. The summed E-state index contributed by atoms with van der Waals surface area (Å²) >= 11 is 0. The van der Waals surface area contributed by atoms with Crippen LogP contribution in [-0.2, 0) is 6.42 Å². The summed E-state index contributed by atoms with van der Waals surface area (Å²) in [6.07, 6.45) is 1.81. The molecule has 1 atom stereocenters. The van der Waals surface area contributed by atoms with E-state index in [1.165, 1.54) is 14.2 Å². The molecule has 110 valence electrons. The molecule has 0 radical (unpaired) electrons. The van der Waals surface area contributed by atoms with Gasteiger partial charge in [0.1, 0.15) is 0 Å². The molecule has 0 aromatic heterocycles. The number of hydrogen-bond donors (Lipinski definition) is 1. The van der Waals surface area contributed by atoms with Crippen LogP contribution in [0.3, 0.4) is 0 Å². The highest BCUT2D eigenvalue weighted by atomic mass is 16.5. The summed E-state index contributed by atoms with van der Waals surface area (Å²) < 4.78 is 16.0. The van der Waals surface area contributed by atoms with Gasteiger partial charge < -0.3 is 19.3 Å². The van der Waals surface area contributed by atoms with Gasteiger partial charge >= 0.3 is 0 Å². The quantitative estimate of drug-likeness (QED) is 0.853. The Hall–Kier alpha value is -1.75. The predicted octanol–water partition coefficient (Wildman–Crippen LogP) is 1.84. The van der Waals surface area contributed by atoms with Crippen LogP contribution in [0, 0.1) is 5.92 Å². The number of ether oxygens (including phenoxy) is 3. The smallest absolute Gasteiger partial charge is 0.204 e. The highest BCUT2D eigenvalue weighted by molar-refractivity contribution is 6.02. The van der Waals surface area contributed by atoms with Crippen molar-refractivity contribution < 1.29 is 24.1 Å². The van der Waals surface area contributed by atoms with Gasteiger partial charge in [-0.05, 0) is 30.4 Å². The summed E-state index contributed by atoms with van der Waals surface area (Å²) in [5, 5.41) is 9.31. The minimum absolute atomic E-state index is 0.00315. The molecule has 2 rings (SSSR count). The van der Waals surface area contributed by atoms with Gasteiger partial charge in [-0.3, -0.25) is 4.79 Å². The maximum absolute atomic E-state index is 12.4. The van der Waals surface area contributed by atoms with Gasteiger partial charge in [-0.25, -0.2) is 0 Å². The Morgan fingerprint density at radius 3 is 2.45 bits per heavy atom. The van der Waals surface area contributed by atoms with Gasteiger partial charge in [-0.2, -0.15) is 0 Å². The molecule has 0 aliphatic heterocycles. The van der Waals surface area contributed by atoms with E-state index in [0.29, 0.717) is 35.7 Å². The third-order valence-electron chi connectivity index (χ3n) is 3.74. The number of aryl methyl sites for hydroxylation is 1. The van der Waals surface area contributed by atoms with Crippen LogP contribution in [0.15, 0.2) is 6.07 Å². The first-order chi connectivity index (χ1) is 9.65. The second-order valence-corrected chi connectivity index (χ2v) is 4.89. The summed E-state index contributed by atoms with van der Waals surface area (Å²) in [7, 11) is 4.59. The molecule has 1 aromatic carbocycles. The number of ketones is 1. The van der Waals surface area contributed by atoms with Crippen LogP contribution in [-0.4, -0.2) is 38.8 Å². The van der Waals surface area contributed by atoms with Gasteiger partial charge in [-0.1, -0.05) is 0 Å². The van der Waals surface area contributed by atoms with Crippen LogP contribution in [0.1, 0.15) is 28.8 Å². The monoisotopic (exact) mass is 280 g/mol. The van der Waals surface area contributed by atoms with E-state index >= 15 is 0 Å². The molecule has 0 saturated heterocycles. The fraction of sp³-hybridized carbons (Fsp3) is 0.533. The summed E-state index contributed by atoms with van der Waals surface area (Å²) in [5.74, 6) is 1.39. The molecule has 1 unspecified atom stereocenters. The Morgan fingerprint density at radius 1 is 1.20 bits per heavy atom. The molecule has 0 saturated carbocycles. The van der Waals surface area contributed by atoms with Crippen molar-refractivity contribution >= 4 is 5.78 Å². The zero-order valence-electron chi connectivity index (χ0n) is 12.1. The normalized spacial score (nSPS) is 18.2. The van der Waals surface area contributed by atoms with Crippen molar-refractivity contribution in [2.24, 2.45) is 5.92 Å². The number of carbonyl (C=O) groups excluding carboxylic acids is 1. The van der Waals surface area contributed by atoms with Gasteiger partial charge in [-0.15, -0.1) is 0 Å². The van der Waals surface area contributed by atoms with E-state index in [2.05, 4.69) is 0 Å². The van der Waals surface area contributed by atoms with Gasteiger partial charge in [0.05, 0.1) is 26.9 Å². The Kier molecular flexibility index (Phi) is 4.49. The average molecular weight is 280 g/mol. The Labute approximate surface area is 118 Å². The number of hydrogen-bond acceptors (Lipinski definition) is 5. The van der Waals surface area contributed by atoms with Gasteiger partial charge in [0.15, 0.2) is 17.3 Å². The minimum Gasteiger partial charge on any atom is -0.493 e. The standard InChI is InChI=1S/C15H20O5/c1-18-12-7-10-5-4-9(8-16)6-11(17)13(10)15(20-3)14(12)19-2/h7,9,16H,4-6,8H2,1-3H3. The minimum atomic E-state index is -0.0191. The van der Waals surface area contributed by atoms with Crippen molar-refractivity contribution in [1.82, 2.24) is 0 Å². The molecule has 0 heterocycles. The lowest BCUT2D eigenvalue weighted by Crippen LogP contribution is -2.11. The SMILES string of the molecule is COc1cc2c(c(OC)c1OC)C(=O)CC(CO)CC2. The molecular formula is C15H20O5. The molecular weight excluding hydrogens is 260 g/mol. The maximum Gasteiger partial charge on any atom is 0.204 e. The fourth-order valence-corrected chi connectivity index (χ4v) is 2.69. The van der Waals surface area contributed by atoms with E-state index in [1.807, 2.05) is 6.07 Å². The molecule has 0 bridgehead atoms. The summed E-state index contributed by atoms with van der Waals surface area (Å²) in [6.45, 7) is 0.0241. The molecule has 0 spiro atoms. The molecule has 1 aliphatic rings. The molecule has 5 heteroatoms. The van der Waals surface area contributed by atoms with Crippen molar-refractivity contribution in [3.8, 4) is 17.2 Å². The topological polar surface area (TPSA) is 65.0 Å². The lowest BCUT2D eigenvalue weighted by Gasteiger charge is -2.17. The lowest BCUT2D eigenvalue weighted by molar-refractivity contribution is 0.0935. The zero-order chi connectivity index (χ0) is 14.7. The third kappa shape index (κ3) is 2.45. The second kappa shape index (κ2) is 6.13. The highest BCUT2D eigenvalue weighted by Crippen LogP contribution is 2.44. The number of fused-ring (bicyclic) bond motifs is 1. The Morgan fingerprint density at radius 2 is 1.90 bits per heavy atom. The van der Waals surface area contributed by atoms with Crippen molar-refractivity contribution in [2.75, 3.05) is 27.9 Å². The zero-order valence-corrected chi connectivity index (χ0v) is 12.1. The molecule has 0 fully saturated rings. The molecule has 0 amide bonds. The van der Waals surface area contributed by atoms with Crippen LogP contribution >= 0.6 is 0 Å². The first kappa shape index (κ1) is 14.7. The highest BCUT2D eigenvalue weighted by Gasteiger charge is 2.29. The van der Waals surface area contributed by atoms with Crippen LogP contribution in [0.2, 0.25) is 0 Å². The van der Waals surface area contributed by atoms with Crippen molar-refractivity contribution in [2.45, 2.75) is 19.3 Å².